The third kappa shape index (κ3) is 5.02. The SMILES string of the molecule is CCOC(=O)CNCc1ccc([Si](C)(C)C)cc1. The summed E-state index contributed by atoms with van der Waals surface area (Å²) in [5, 5.41) is 4.54. The molecule has 18 heavy (non-hydrogen) atoms. The first-order valence-electron chi connectivity index (χ1n) is 6.39. The van der Waals surface area contributed by atoms with Crippen molar-refractivity contribution in [1.82, 2.24) is 5.32 Å². The van der Waals surface area contributed by atoms with Gasteiger partial charge in [0.05, 0.1) is 21.2 Å². The van der Waals surface area contributed by atoms with E-state index in [9.17, 15) is 4.79 Å². The summed E-state index contributed by atoms with van der Waals surface area (Å²) < 4.78 is 4.85. The van der Waals surface area contributed by atoms with Gasteiger partial charge in [0, 0.05) is 6.54 Å². The summed E-state index contributed by atoms with van der Waals surface area (Å²) in [6.45, 7) is 10.2. The maximum atomic E-state index is 11.1. The Morgan fingerprint density at radius 1 is 1.22 bits per heavy atom. The van der Waals surface area contributed by atoms with Crippen molar-refractivity contribution >= 4 is 19.2 Å². The highest BCUT2D eigenvalue weighted by molar-refractivity contribution is 6.88. The molecule has 0 radical (unpaired) electrons. The maximum absolute atomic E-state index is 11.1. The molecule has 0 saturated carbocycles. The Kier molecular flexibility index (Phi) is 5.56. The molecule has 0 fully saturated rings. The second kappa shape index (κ2) is 6.71. The molecule has 0 atom stereocenters. The van der Waals surface area contributed by atoms with E-state index in [-0.39, 0.29) is 12.5 Å². The third-order valence-electron chi connectivity index (χ3n) is 2.72. The van der Waals surface area contributed by atoms with Gasteiger partial charge in [0.1, 0.15) is 0 Å². The van der Waals surface area contributed by atoms with E-state index in [1.54, 1.807) is 0 Å². The highest BCUT2D eigenvalue weighted by atomic mass is 28.3. The molecule has 3 nitrogen and oxygen atoms in total. The molecular formula is C14H23NO2Si. The van der Waals surface area contributed by atoms with E-state index in [2.05, 4.69) is 49.2 Å². The Morgan fingerprint density at radius 2 is 1.83 bits per heavy atom. The first-order valence-corrected chi connectivity index (χ1v) is 9.89. The van der Waals surface area contributed by atoms with Crippen LogP contribution in [0.15, 0.2) is 24.3 Å². The summed E-state index contributed by atoms with van der Waals surface area (Å²) >= 11 is 0. The van der Waals surface area contributed by atoms with Crippen LogP contribution in [0.3, 0.4) is 0 Å². The zero-order valence-electron chi connectivity index (χ0n) is 11.7. The van der Waals surface area contributed by atoms with Crippen LogP contribution in [0, 0.1) is 0 Å². The topological polar surface area (TPSA) is 38.3 Å². The number of rotatable bonds is 6. The highest BCUT2D eigenvalue weighted by Gasteiger charge is 2.15. The number of benzene rings is 1. The fraction of sp³-hybridized carbons (Fsp3) is 0.500. The Hall–Kier alpha value is -1.13. The van der Waals surface area contributed by atoms with Crippen LogP contribution in [-0.2, 0) is 16.1 Å². The number of carbonyl (C=O) groups is 1. The molecule has 0 aliphatic rings. The van der Waals surface area contributed by atoms with Crippen molar-refractivity contribution in [3.8, 4) is 0 Å². The molecule has 1 rings (SSSR count). The van der Waals surface area contributed by atoms with Crippen molar-refractivity contribution in [2.24, 2.45) is 0 Å². The zero-order valence-corrected chi connectivity index (χ0v) is 12.7. The number of hydrogen-bond acceptors (Lipinski definition) is 3. The van der Waals surface area contributed by atoms with Crippen LogP contribution in [0.25, 0.3) is 0 Å². The Morgan fingerprint density at radius 3 is 2.33 bits per heavy atom. The summed E-state index contributed by atoms with van der Waals surface area (Å²) in [4.78, 5) is 11.1. The standard InChI is InChI=1S/C14H23NO2Si/c1-5-17-14(16)11-15-10-12-6-8-13(9-7-12)18(2,3)4/h6-9,15H,5,10-11H2,1-4H3. The van der Waals surface area contributed by atoms with Crippen LogP contribution in [0.2, 0.25) is 19.6 Å². The number of carbonyl (C=O) groups excluding carboxylic acids is 1. The quantitative estimate of drug-likeness (QED) is 0.630. The van der Waals surface area contributed by atoms with Gasteiger partial charge in [0.2, 0.25) is 0 Å². The average molecular weight is 265 g/mol. The van der Waals surface area contributed by atoms with Crippen molar-refractivity contribution in [2.75, 3.05) is 13.2 Å². The summed E-state index contributed by atoms with van der Waals surface area (Å²) in [6, 6.07) is 8.67. The number of hydrogen-bond donors (Lipinski definition) is 1. The van der Waals surface area contributed by atoms with Crippen LogP contribution >= 0.6 is 0 Å². The molecule has 1 N–H and O–H groups in total. The molecule has 0 bridgehead atoms. The molecular weight excluding hydrogens is 242 g/mol. The molecule has 100 valence electrons. The minimum Gasteiger partial charge on any atom is -0.465 e. The van der Waals surface area contributed by atoms with Gasteiger partial charge in [0.15, 0.2) is 0 Å². The minimum atomic E-state index is -1.21. The molecule has 0 heterocycles. The van der Waals surface area contributed by atoms with Gasteiger partial charge in [-0.3, -0.25) is 4.79 Å². The monoisotopic (exact) mass is 265 g/mol. The van der Waals surface area contributed by atoms with Gasteiger partial charge in [-0.25, -0.2) is 0 Å². The minimum absolute atomic E-state index is 0.198. The Balaban J connectivity index is 2.42. The van der Waals surface area contributed by atoms with Gasteiger partial charge in [0.25, 0.3) is 0 Å². The zero-order chi connectivity index (χ0) is 13.6. The Bertz CT molecular complexity index is 382. The first kappa shape index (κ1) is 14.9. The second-order valence-corrected chi connectivity index (χ2v) is 10.4. The summed E-state index contributed by atoms with van der Waals surface area (Å²) in [7, 11) is -1.21. The van der Waals surface area contributed by atoms with Gasteiger partial charge >= 0.3 is 5.97 Å². The maximum Gasteiger partial charge on any atom is 0.319 e. The molecule has 0 spiro atoms. The molecule has 0 amide bonds. The molecule has 0 aliphatic heterocycles. The smallest absolute Gasteiger partial charge is 0.319 e. The first-order chi connectivity index (χ1) is 8.43. The van der Waals surface area contributed by atoms with Gasteiger partial charge in [-0.2, -0.15) is 0 Å². The van der Waals surface area contributed by atoms with Crippen LogP contribution in [0.4, 0.5) is 0 Å². The van der Waals surface area contributed by atoms with E-state index in [0.717, 1.165) is 0 Å². The van der Waals surface area contributed by atoms with Crippen molar-refractivity contribution in [3.63, 3.8) is 0 Å². The van der Waals surface area contributed by atoms with Gasteiger partial charge in [-0.15, -0.1) is 0 Å². The largest absolute Gasteiger partial charge is 0.465 e. The normalized spacial score (nSPS) is 11.3. The molecule has 0 saturated heterocycles. The van der Waals surface area contributed by atoms with E-state index < -0.39 is 8.07 Å². The molecule has 1 aromatic rings. The average Bonchev–Trinajstić information content (AvgIpc) is 2.29. The van der Waals surface area contributed by atoms with Gasteiger partial charge in [-0.1, -0.05) is 49.1 Å². The number of esters is 1. The van der Waals surface area contributed by atoms with Crippen LogP contribution < -0.4 is 10.5 Å². The van der Waals surface area contributed by atoms with Gasteiger partial charge in [-0.05, 0) is 12.5 Å². The summed E-state index contributed by atoms with van der Waals surface area (Å²) in [5.41, 5.74) is 1.20. The van der Waals surface area contributed by atoms with E-state index in [1.807, 2.05) is 6.92 Å². The number of ether oxygens (including phenoxy) is 1. The molecule has 0 aliphatic carbocycles. The van der Waals surface area contributed by atoms with Crippen molar-refractivity contribution in [2.45, 2.75) is 33.1 Å². The lowest BCUT2D eigenvalue weighted by atomic mass is 10.2. The van der Waals surface area contributed by atoms with Crippen molar-refractivity contribution in [1.29, 1.82) is 0 Å². The Labute approximate surface area is 111 Å². The lowest BCUT2D eigenvalue weighted by Crippen LogP contribution is -2.37. The molecule has 0 aromatic heterocycles. The predicted molar refractivity (Wildman–Crippen MR) is 77.8 cm³/mol. The fourth-order valence-electron chi connectivity index (χ4n) is 1.64. The van der Waals surface area contributed by atoms with E-state index in [4.69, 9.17) is 4.74 Å². The molecule has 1 aromatic carbocycles. The van der Waals surface area contributed by atoms with Crippen molar-refractivity contribution in [3.05, 3.63) is 29.8 Å². The highest BCUT2D eigenvalue weighted by Crippen LogP contribution is 2.04. The van der Waals surface area contributed by atoms with Crippen LogP contribution in [0.1, 0.15) is 12.5 Å². The number of nitrogens with one attached hydrogen (secondary N) is 1. The van der Waals surface area contributed by atoms with E-state index in [1.165, 1.54) is 10.8 Å². The predicted octanol–water partition coefficient (Wildman–Crippen LogP) is 1.88. The lowest BCUT2D eigenvalue weighted by molar-refractivity contribution is -0.142. The summed E-state index contributed by atoms with van der Waals surface area (Å²) in [5.74, 6) is -0.198. The summed E-state index contributed by atoms with van der Waals surface area (Å²) in [6.07, 6.45) is 0. The third-order valence-corrected chi connectivity index (χ3v) is 4.79. The lowest BCUT2D eigenvalue weighted by Gasteiger charge is -2.16. The van der Waals surface area contributed by atoms with Gasteiger partial charge < -0.3 is 10.1 Å². The van der Waals surface area contributed by atoms with E-state index in [0.29, 0.717) is 13.2 Å². The second-order valence-electron chi connectivity index (χ2n) is 5.36. The molecule has 0 unspecified atom stereocenters. The molecule has 4 heteroatoms. The van der Waals surface area contributed by atoms with Crippen molar-refractivity contribution < 1.29 is 9.53 Å². The van der Waals surface area contributed by atoms with Crippen LogP contribution in [0.5, 0.6) is 0 Å². The van der Waals surface area contributed by atoms with Crippen LogP contribution in [-0.4, -0.2) is 27.2 Å². The fourth-order valence-corrected chi connectivity index (χ4v) is 2.81. The van der Waals surface area contributed by atoms with E-state index >= 15 is 0 Å².